The molecule has 2 N–H and O–H groups in total. The Hall–Kier alpha value is -1.74. The van der Waals surface area contributed by atoms with Gasteiger partial charge in [-0.25, -0.2) is 0 Å². The molecule has 3 nitrogen and oxygen atoms in total. The second-order valence-electron chi connectivity index (χ2n) is 7.05. The molecular formula is C19H24N2O. The van der Waals surface area contributed by atoms with Gasteiger partial charge in [0.1, 0.15) is 0 Å². The van der Waals surface area contributed by atoms with Crippen molar-refractivity contribution in [3.05, 3.63) is 48.3 Å². The van der Waals surface area contributed by atoms with Gasteiger partial charge in [-0.2, -0.15) is 0 Å². The fourth-order valence-electron chi connectivity index (χ4n) is 4.30. The summed E-state index contributed by atoms with van der Waals surface area (Å²) >= 11 is 0. The minimum Gasteiger partial charge on any atom is -0.393 e. The normalized spacial score (nSPS) is 30.3. The van der Waals surface area contributed by atoms with Crippen LogP contribution in [0.3, 0.4) is 0 Å². The van der Waals surface area contributed by atoms with E-state index in [-0.39, 0.29) is 11.6 Å². The Labute approximate surface area is 132 Å². The second-order valence-corrected chi connectivity index (χ2v) is 7.05. The Morgan fingerprint density at radius 1 is 1.18 bits per heavy atom. The number of aliphatic hydroxyl groups excluding tert-OH is 1. The highest BCUT2D eigenvalue weighted by molar-refractivity contribution is 5.66. The molecule has 1 saturated carbocycles. The summed E-state index contributed by atoms with van der Waals surface area (Å²) < 4.78 is 2.29. The summed E-state index contributed by atoms with van der Waals surface area (Å²) in [7, 11) is 0. The molecule has 22 heavy (non-hydrogen) atoms. The van der Waals surface area contributed by atoms with E-state index in [9.17, 15) is 5.11 Å². The molecule has 0 bridgehead atoms. The van der Waals surface area contributed by atoms with Crippen LogP contribution in [0.5, 0.6) is 0 Å². The molecule has 2 aromatic rings. The molecule has 3 atom stereocenters. The molecule has 0 amide bonds. The summed E-state index contributed by atoms with van der Waals surface area (Å²) in [5.74, 6) is 0.389. The molecule has 1 aromatic heterocycles. The summed E-state index contributed by atoms with van der Waals surface area (Å²) in [6.45, 7) is 2.27. The maximum atomic E-state index is 10.4. The van der Waals surface area contributed by atoms with Crippen LogP contribution < -0.4 is 5.32 Å². The van der Waals surface area contributed by atoms with Crippen LogP contribution in [0, 0.1) is 5.92 Å². The van der Waals surface area contributed by atoms with Crippen molar-refractivity contribution in [1.29, 1.82) is 0 Å². The number of benzene rings is 1. The predicted molar refractivity (Wildman–Crippen MR) is 89.3 cm³/mol. The molecule has 2 aliphatic rings. The minimum atomic E-state index is -0.145. The van der Waals surface area contributed by atoms with E-state index in [1.807, 2.05) is 0 Å². The van der Waals surface area contributed by atoms with Gasteiger partial charge in [0.05, 0.1) is 23.0 Å². The summed E-state index contributed by atoms with van der Waals surface area (Å²) in [6, 6.07) is 12.8. The maximum absolute atomic E-state index is 10.4. The van der Waals surface area contributed by atoms with Crippen molar-refractivity contribution in [1.82, 2.24) is 4.57 Å². The number of nitrogens with one attached hydrogen (secondary N) is 1. The average molecular weight is 296 g/mol. The molecule has 0 saturated heterocycles. The smallest absolute Gasteiger partial charge is 0.0755 e. The molecule has 1 fully saturated rings. The first-order valence-electron chi connectivity index (χ1n) is 8.41. The molecule has 3 heteroatoms. The van der Waals surface area contributed by atoms with Gasteiger partial charge in [0.25, 0.3) is 0 Å². The van der Waals surface area contributed by atoms with E-state index in [1.165, 1.54) is 29.9 Å². The van der Waals surface area contributed by atoms with E-state index in [0.29, 0.717) is 5.92 Å². The zero-order valence-corrected chi connectivity index (χ0v) is 13.1. The van der Waals surface area contributed by atoms with E-state index in [2.05, 4.69) is 59.4 Å². The van der Waals surface area contributed by atoms with E-state index in [0.717, 1.165) is 19.3 Å². The third-order valence-electron chi connectivity index (χ3n) is 5.43. The van der Waals surface area contributed by atoms with Crippen LogP contribution in [0.1, 0.15) is 44.7 Å². The molecule has 1 aliphatic heterocycles. The van der Waals surface area contributed by atoms with Crippen molar-refractivity contribution < 1.29 is 5.11 Å². The number of hydrogen-bond donors (Lipinski definition) is 2. The molecule has 0 radical (unpaired) electrons. The lowest BCUT2D eigenvalue weighted by atomic mass is 9.76. The number of hydrogen-bond acceptors (Lipinski definition) is 2. The zero-order chi connectivity index (χ0) is 15.2. The van der Waals surface area contributed by atoms with Crippen LogP contribution in [0.2, 0.25) is 0 Å². The molecule has 116 valence electrons. The van der Waals surface area contributed by atoms with Crippen LogP contribution >= 0.6 is 0 Å². The largest absolute Gasteiger partial charge is 0.393 e. The molecule has 0 spiro atoms. The van der Waals surface area contributed by atoms with E-state index >= 15 is 0 Å². The number of para-hydroxylation sites is 2. The number of nitrogens with zero attached hydrogens (tertiary/aromatic N) is 1. The average Bonchev–Trinajstić information content (AvgIpc) is 3.01. The highest BCUT2D eigenvalue weighted by Gasteiger charge is 2.38. The zero-order valence-electron chi connectivity index (χ0n) is 13.1. The first-order chi connectivity index (χ1) is 10.7. The van der Waals surface area contributed by atoms with Gasteiger partial charge < -0.3 is 15.0 Å². The number of aliphatic hydroxyl groups is 1. The number of anilines is 1. The van der Waals surface area contributed by atoms with Crippen LogP contribution in [0.4, 0.5) is 5.69 Å². The van der Waals surface area contributed by atoms with Gasteiger partial charge in [0, 0.05) is 11.9 Å². The Balaban J connectivity index is 1.71. The van der Waals surface area contributed by atoms with Crippen LogP contribution in [-0.4, -0.2) is 15.8 Å². The van der Waals surface area contributed by atoms with Gasteiger partial charge in [-0.15, -0.1) is 0 Å². The van der Waals surface area contributed by atoms with Crippen molar-refractivity contribution in [2.45, 2.75) is 50.7 Å². The summed E-state index contributed by atoms with van der Waals surface area (Å²) in [5.41, 5.74) is 3.56. The number of rotatable bonds is 2. The summed E-state index contributed by atoms with van der Waals surface area (Å²) in [4.78, 5) is 0. The topological polar surface area (TPSA) is 37.2 Å². The molecule has 4 rings (SSSR count). The van der Waals surface area contributed by atoms with Crippen LogP contribution in [0.25, 0.3) is 5.69 Å². The monoisotopic (exact) mass is 296 g/mol. The van der Waals surface area contributed by atoms with Gasteiger partial charge in [-0.1, -0.05) is 25.0 Å². The predicted octanol–water partition coefficient (Wildman–Crippen LogP) is 4.06. The molecular weight excluding hydrogens is 272 g/mol. The number of fused-ring (bicyclic) bond motifs is 3. The van der Waals surface area contributed by atoms with E-state index < -0.39 is 0 Å². The lowest BCUT2D eigenvalue weighted by molar-refractivity contribution is 0.0547. The van der Waals surface area contributed by atoms with Gasteiger partial charge >= 0.3 is 0 Å². The Kier molecular flexibility index (Phi) is 3.26. The maximum Gasteiger partial charge on any atom is 0.0755 e. The second kappa shape index (κ2) is 5.17. The minimum absolute atomic E-state index is 0.124. The van der Waals surface area contributed by atoms with Gasteiger partial charge in [-0.05, 0) is 56.4 Å². The standard InChI is InChI=1S/C19H24N2O/c1-19(13-14-7-2-5-10-17(14)22)18-11-6-12-21(18)16-9-4-3-8-15(16)20-19/h3-4,6,8-9,11-12,14,17,20,22H,2,5,7,10,13H2,1H3/t14-,17+,19?/m0/s1. The highest BCUT2D eigenvalue weighted by atomic mass is 16.3. The first-order valence-corrected chi connectivity index (χ1v) is 8.41. The third-order valence-corrected chi connectivity index (χ3v) is 5.43. The fraction of sp³-hybridized carbons (Fsp3) is 0.474. The Morgan fingerprint density at radius 2 is 2.00 bits per heavy atom. The summed E-state index contributed by atoms with van der Waals surface area (Å²) in [5, 5.41) is 14.1. The van der Waals surface area contributed by atoms with Crippen molar-refractivity contribution in [2.75, 3.05) is 5.32 Å². The van der Waals surface area contributed by atoms with Crippen molar-refractivity contribution >= 4 is 5.69 Å². The van der Waals surface area contributed by atoms with Crippen LogP contribution in [0.15, 0.2) is 42.6 Å². The Bertz CT molecular complexity index is 678. The SMILES string of the molecule is CC1(C[C@@H]2CCCC[C@H]2O)Nc2ccccc2-n2cccc21. The van der Waals surface area contributed by atoms with Gasteiger partial charge in [-0.3, -0.25) is 0 Å². The fourth-order valence-corrected chi connectivity index (χ4v) is 4.30. The highest BCUT2D eigenvalue weighted by Crippen LogP contribution is 2.43. The third kappa shape index (κ3) is 2.15. The van der Waals surface area contributed by atoms with Crippen LogP contribution in [-0.2, 0) is 5.54 Å². The molecule has 1 aliphatic carbocycles. The molecule has 1 unspecified atom stereocenters. The lowest BCUT2D eigenvalue weighted by Crippen LogP contribution is -2.42. The summed E-state index contributed by atoms with van der Waals surface area (Å²) in [6.07, 6.45) is 7.49. The molecule has 1 aromatic carbocycles. The molecule has 2 heterocycles. The number of aromatic nitrogens is 1. The first kappa shape index (κ1) is 13.9. The Morgan fingerprint density at radius 3 is 2.86 bits per heavy atom. The quantitative estimate of drug-likeness (QED) is 0.877. The van der Waals surface area contributed by atoms with Crippen molar-refractivity contribution in [3.63, 3.8) is 0 Å². The van der Waals surface area contributed by atoms with E-state index in [1.54, 1.807) is 0 Å². The van der Waals surface area contributed by atoms with Crippen molar-refractivity contribution in [2.24, 2.45) is 5.92 Å². The van der Waals surface area contributed by atoms with Gasteiger partial charge in [0.2, 0.25) is 0 Å². The van der Waals surface area contributed by atoms with Gasteiger partial charge in [0.15, 0.2) is 0 Å². The van der Waals surface area contributed by atoms with Crippen molar-refractivity contribution in [3.8, 4) is 5.69 Å². The van der Waals surface area contributed by atoms with E-state index in [4.69, 9.17) is 0 Å². The lowest BCUT2D eigenvalue weighted by Gasteiger charge is -2.42.